The summed E-state index contributed by atoms with van der Waals surface area (Å²) in [6.07, 6.45) is 0.487. The van der Waals surface area contributed by atoms with Gasteiger partial charge in [-0.15, -0.1) is 0 Å². The summed E-state index contributed by atoms with van der Waals surface area (Å²) in [7, 11) is 1.65. The van der Waals surface area contributed by atoms with Gasteiger partial charge in [0.05, 0.1) is 13.7 Å². The third-order valence-electron chi connectivity index (χ3n) is 5.63. The molecule has 25 heavy (non-hydrogen) atoms. The van der Waals surface area contributed by atoms with Crippen LogP contribution in [0, 0.1) is 0 Å². The number of hydrogen-bond acceptors (Lipinski definition) is 3. The Balaban J connectivity index is 1.71. The molecule has 5 rings (SSSR count). The molecular formula is C20H21BrNO3+. The van der Waals surface area contributed by atoms with Crippen molar-refractivity contribution in [1.29, 1.82) is 0 Å². The van der Waals surface area contributed by atoms with Crippen LogP contribution in [0.5, 0.6) is 5.75 Å². The van der Waals surface area contributed by atoms with E-state index in [0.717, 1.165) is 34.4 Å². The van der Waals surface area contributed by atoms with E-state index in [4.69, 9.17) is 4.74 Å². The van der Waals surface area contributed by atoms with E-state index < -0.39 is 6.10 Å². The summed E-state index contributed by atoms with van der Waals surface area (Å²) in [4.78, 5) is 12.9. The van der Waals surface area contributed by atoms with Crippen LogP contribution in [-0.2, 0) is 0 Å². The van der Waals surface area contributed by atoms with Crippen molar-refractivity contribution in [2.75, 3.05) is 26.7 Å². The van der Waals surface area contributed by atoms with Gasteiger partial charge in [0.25, 0.3) is 0 Å². The van der Waals surface area contributed by atoms with Crippen LogP contribution in [0.4, 0.5) is 5.69 Å². The van der Waals surface area contributed by atoms with Gasteiger partial charge in [-0.2, -0.15) is 0 Å². The number of ether oxygens (including phenoxy) is 1. The van der Waals surface area contributed by atoms with Crippen molar-refractivity contribution in [3.63, 3.8) is 0 Å². The highest BCUT2D eigenvalue weighted by Crippen LogP contribution is 2.48. The molecule has 2 bridgehead atoms. The molecule has 130 valence electrons. The Labute approximate surface area is 155 Å². The van der Waals surface area contributed by atoms with E-state index in [1.807, 2.05) is 36.4 Å². The van der Waals surface area contributed by atoms with Crippen molar-refractivity contribution < 1.29 is 14.6 Å². The van der Waals surface area contributed by atoms with Crippen LogP contribution in [0.2, 0.25) is 0 Å². The lowest BCUT2D eigenvalue weighted by atomic mass is 9.78. The summed E-state index contributed by atoms with van der Waals surface area (Å²) in [6.45, 7) is 1.88. The molecule has 2 aromatic carbocycles. The number of quaternary nitrogens is 1. The van der Waals surface area contributed by atoms with E-state index >= 15 is 0 Å². The molecule has 4 nitrogen and oxygen atoms in total. The number of ketones is 1. The first-order valence-corrected chi connectivity index (χ1v) is 9.33. The number of carbonyl (C=O) groups is 1. The molecule has 3 heterocycles. The number of aliphatic hydroxyl groups is 1. The third-order valence-corrected chi connectivity index (χ3v) is 6.16. The normalized spacial score (nSPS) is 27.0. The minimum atomic E-state index is -0.411. The largest absolute Gasteiger partial charge is 0.497 e. The Bertz CT molecular complexity index is 820. The van der Waals surface area contributed by atoms with E-state index in [2.05, 4.69) is 22.0 Å². The van der Waals surface area contributed by atoms with Crippen LogP contribution in [-0.4, -0.2) is 43.7 Å². The van der Waals surface area contributed by atoms with Crippen LogP contribution in [0.1, 0.15) is 28.3 Å². The second-order valence-corrected chi connectivity index (χ2v) is 7.94. The van der Waals surface area contributed by atoms with Gasteiger partial charge in [-0.3, -0.25) is 9.28 Å². The summed E-state index contributed by atoms with van der Waals surface area (Å²) in [6, 6.07) is 13.5. The number of halogens is 1. The van der Waals surface area contributed by atoms with Gasteiger partial charge in [-0.1, -0.05) is 28.1 Å². The van der Waals surface area contributed by atoms with Gasteiger partial charge in [-0.05, 0) is 24.3 Å². The maximum atomic E-state index is 12.9. The third kappa shape index (κ3) is 2.80. The first-order chi connectivity index (χ1) is 12.0. The molecule has 2 aromatic rings. The Morgan fingerprint density at radius 1 is 1.28 bits per heavy atom. The standard InChI is InChI=1S/C20H21BrNO3/c1-25-15-6-7-18-17(10-15)16-8-9-22(18,12-20(16)24)11-19(23)13-2-4-14(21)5-3-13/h2-7,10,16,20,24H,8-9,11-12H2,1H3/q+1/t16-,20-,22-/m1/s1. The molecule has 5 heteroatoms. The van der Waals surface area contributed by atoms with Gasteiger partial charge in [0.2, 0.25) is 5.78 Å². The molecule has 0 amide bonds. The molecule has 0 aliphatic carbocycles. The first-order valence-electron chi connectivity index (χ1n) is 8.54. The van der Waals surface area contributed by atoms with Gasteiger partial charge >= 0.3 is 0 Å². The van der Waals surface area contributed by atoms with Crippen molar-refractivity contribution in [1.82, 2.24) is 4.48 Å². The zero-order chi connectivity index (χ0) is 17.6. The number of Topliss-reactive ketones (excluding diaryl/α,β-unsaturated/α-hetero) is 1. The van der Waals surface area contributed by atoms with Crippen molar-refractivity contribution in [3.05, 3.63) is 58.1 Å². The van der Waals surface area contributed by atoms with E-state index in [1.165, 1.54) is 0 Å². The quantitative estimate of drug-likeness (QED) is 0.628. The fourth-order valence-electron chi connectivity index (χ4n) is 4.36. The lowest BCUT2D eigenvalue weighted by Gasteiger charge is -2.51. The minimum absolute atomic E-state index is 0.113. The Morgan fingerprint density at radius 3 is 2.72 bits per heavy atom. The van der Waals surface area contributed by atoms with Crippen LogP contribution < -0.4 is 9.22 Å². The highest BCUT2D eigenvalue weighted by atomic mass is 79.9. The molecule has 0 aromatic heterocycles. The van der Waals surface area contributed by atoms with Gasteiger partial charge in [0.15, 0.2) is 0 Å². The molecular weight excluding hydrogens is 382 g/mol. The van der Waals surface area contributed by atoms with Crippen molar-refractivity contribution in [2.45, 2.75) is 18.4 Å². The molecule has 3 aliphatic rings. The number of nitrogens with zero attached hydrogens (tertiary/aromatic N) is 1. The Morgan fingerprint density at radius 2 is 2.04 bits per heavy atom. The van der Waals surface area contributed by atoms with E-state index in [9.17, 15) is 9.90 Å². The zero-order valence-corrected chi connectivity index (χ0v) is 15.7. The fourth-order valence-corrected chi connectivity index (χ4v) is 4.62. The van der Waals surface area contributed by atoms with Crippen LogP contribution in [0.15, 0.2) is 46.9 Å². The van der Waals surface area contributed by atoms with Crippen molar-refractivity contribution in [2.24, 2.45) is 0 Å². The van der Waals surface area contributed by atoms with Gasteiger partial charge in [0, 0.05) is 34.0 Å². The maximum absolute atomic E-state index is 12.9. The topological polar surface area (TPSA) is 46.5 Å². The number of piperidine rings is 1. The molecule has 0 unspecified atom stereocenters. The Kier molecular flexibility index (Phi) is 4.18. The summed E-state index contributed by atoms with van der Waals surface area (Å²) in [5.74, 6) is 1.06. The molecule has 1 saturated heterocycles. The number of aliphatic hydroxyl groups excluding tert-OH is 1. The number of fused-ring (bicyclic) bond motifs is 2. The number of hydrogen-bond donors (Lipinski definition) is 1. The smallest absolute Gasteiger partial charge is 0.217 e. The van der Waals surface area contributed by atoms with E-state index in [-0.39, 0.29) is 11.7 Å². The predicted octanol–water partition coefficient (Wildman–Crippen LogP) is 3.51. The number of methoxy groups -OCH3 is 1. The highest BCUT2D eigenvalue weighted by Gasteiger charge is 2.50. The average Bonchev–Trinajstić information content (AvgIpc) is 2.62. The van der Waals surface area contributed by atoms with Crippen molar-refractivity contribution in [3.8, 4) is 5.75 Å². The summed E-state index contributed by atoms with van der Waals surface area (Å²) >= 11 is 3.41. The second kappa shape index (κ2) is 6.24. The summed E-state index contributed by atoms with van der Waals surface area (Å²) in [5.41, 5.74) is 3.01. The van der Waals surface area contributed by atoms with E-state index in [0.29, 0.717) is 23.1 Å². The monoisotopic (exact) mass is 402 g/mol. The number of benzene rings is 2. The zero-order valence-electron chi connectivity index (χ0n) is 14.1. The Hall–Kier alpha value is -1.69. The average molecular weight is 403 g/mol. The lowest BCUT2D eigenvalue weighted by Crippen LogP contribution is -2.64. The fraction of sp³-hybridized carbons (Fsp3) is 0.350. The van der Waals surface area contributed by atoms with Crippen LogP contribution >= 0.6 is 15.9 Å². The molecule has 0 saturated carbocycles. The van der Waals surface area contributed by atoms with Crippen molar-refractivity contribution >= 4 is 27.4 Å². The second-order valence-electron chi connectivity index (χ2n) is 7.03. The molecule has 1 fully saturated rings. The maximum Gasteiger partial charge on any atom is 0.217 e. The van der Waals surface area contributed by atoms with E-state index in [1.54, 1.807) is 7.11 Å². The first kappa shape index (κ1) is 16.8. The predicted molar refractivity (Wildman–Crippen MR) is 101 cm³/mol. The molecule has 1 N–H and O–H groups in total. The minimum Gasteiger partial charge on any atom is -0.497 e. The van der Waals surface area contributed by atoms with Gasteiger partial charge < -0.3 is 9.84 Å². The molecule has 3 atom stereocenters. The number of carbonyl (C=O) groups excluding carboxylic acids is 1. The van der Waals surface area contributed by atoms with Gasteiger partial charge in [-0.25, -0.2) is 0 Å². The molecule has 0 radical (unpaired) electrons. The summed E-state index contributed by atoms with van der Waals surface area (Å²) in [5, 5.41) is 10.6. The van der Waals surface area contributed by atoms with Gasteiger partial charge in [0.1, 0.15) is 30.6 Å². The summed E-state index contributed by atoms with van der Waals surface area (Å²) < 4.78 is 6.85. The SMILES string of the molecule is COc1ccc2c(c1)[C@H]1CC[N@@+]2(CC(=O)c2ccc(Br)cc2)C[C@H]1O. The highest BCUT2D eigenvalue weighted by molar-refractivity contribution is 9.10. The lowest BCUT2D eigenvalue weighted by molar-refractivity contribution is 0.0371. The molecule has 0 spiro atoms. The van der Waals surface area contributed by atoms with Crippen LogP contribution in [0.25, 0.3) is 0 Å². The molecule has 3 aliphatic heterocycles. The number of rotatable bonds is 4. The van der Waals surface area contributed by atoms with Crippen LogP contribution in [0.3, 0.4) is 0 Å².